The fourth-order valence-electron chi connectivity index (χ4n) is 1.16. The van der Waals surface area contributed by atoms with Crippen molar-refractivity contribution >= 4 is 11.6 Å². The summed E-state index contributed by atoms with van der Waals surface area (Å²) in [6.45, 7) is -0.597. The lowest BCUT2D eigenvalue weighted by molar-refractivity contribution is -0.325. The van der Waals surface area contributed by atoms with Gasteiger partial charge in [-0.3, -0.25) is 4.74 Å². The highest BCUT2D eigenvalue weighted by Gasteiger charge is 2.28. The maximum atomic E-state index is 11.7. The van der Waals surface area contributed by atoms with Gasteiger partial charge in [-0.15, -0.1) is 13.2 Å². The van der Waals surface area contributed by atoms with Gasteiger partial charge in [0.05, 0.1) is 6.61 Å². The average Bonchev–Trinajstić information content (AvgIpc) is 2.24. The number of alkyl halides is 3. The highest BCUT2D eigenvalue weighted by Crippen LogP contribution is 2.22. The number of rotatable bonds is 5. The molecule has 0 saturated carbocycles. The summed E-state index contributed by atoms with van der Waals surface area (Å²) >= 11 is 5.73. The first kappa shape index (κ1) is 14.1. The molecule has 0 aliphatic carbocycles. The summed E-state index contributed by atoms with van der Waals surface area (Å²) in [5.74, 6) is 0.405. The molecule has 0 saturated heterocycles. The average molecular weight is 270 g/mol. The fraction of sp³-hybridized carbons (Fsp3) is 0.400. The Kier molecular flexibility index (Phi) is 5.04. The van der Waals surface area contributed by atoms with Crippen molar-refractivity contribution in [3.8, 4) is 5.75 Å². The Balaban J connectivity index is 2.46. The summed E-state index contributed by atoms with van der Waals surface area (Å²) < 4.78 is 43.7. The van der Waals surface area contributed by atoms with E-state index in [-0.39, 0.29) is 13.2 Å². The second-order valence-electron chi connectivity index (χ2n) is 3.10. The smallest absolute Gasteiger partial charge is 0.491 e. The molecular formula is C10H11ClF3NO2. The van der Waals surface area contributed by atoms with Crippen molar-refractivity contribution in [1.29, 1.82) is 0 Å². The van der Waals surface area contributed by atoms with Gasteiger partial charge in [0.15, 0.2) is 0 Å². The normalized spacial score (nSPS) is 11.6. The van der Waals surface area contributed by atoms with Crippen LogP contribution in [0, 0.1) is 0 Å². The maximum Gasteiger partial charge on any atom is 0.522 e. The van der Waals surface area contributed by atoms with Crippen LogP contribution in [0.15, 0.2) is 18.2 Å². The summed E-state index contributed by atoms with van der Waals surface area (Å²) in [5.41, 5.74) is 6.07. The molecule has 2 N–H and O–H groups in total. The van der Waals surface area contributed by atoms with Crippen LogP contribution < -0.4 is 10.5 Å². The first-order valence-corrected chi connectivity index (χ1v) is 5.12. The minimum Gasteiger partial charge on any atom is -0.491 e. The van der Waals surface area contributed by atoms with Gasteiger partial charge in [0, 0.05) is 17.1 Å². The zero-order valence-corrected chi connectivity index (χ0v) is 9.52. The number of hydrogen-bond donors (Lipinski definition) is 1. The highest BCUT2D eigenvalue weighted by molar-refractivity contribution is 6.30. The van der Waals surface area contributed by atoms with Gasteiger partial charge in [0.1, 0.15) is 12.4 Å². The predicted octanol–water partition coefficient (Wildman–Crippen LogP) is 2.71. The Morgan fingerprint density at radius 1 is 1.24 bits per heavy atom. The molecule has 1 aromatic carbocycles. The molecule has 1 aromatic rings. The molecule has 0 spiro atoms. The lowest BCUT2D eigenvalue weighted by Gasteiger charge is -2.11. The quantitative estimate of drug-likeness (QED) is 0.836. The Labute approximate surface area is 101 Å². The van der Waals surface area contributed by atoms with E-state index in [1.54, 1.807) is 18.2 Å². The molecule has 0 radical (unpaired) electrons. The van der Waals surface area contributed by atoms with Crippen LogP contribution in [0.25, 0.3) is 0 Å². The Morgan fingerprint density at radius 2 is 1.94 bits per heavy atom. The zero-order chi connectivity index (χ0) is 12.9. The van der Waals surface area contributed by atoms with Crippen LogP contribution in [0.5, 0.6) is 5.75 Å². The van der Waals surface area contributed by atoms with Gasteiger partial charge in [-0.1, -0.05) is 11.6 Å². The van der Waals surface area contributed by atoms with Gasteiger partial charge in [-0.2, -0.15) is 0 Å². The molecule has 0 atom stereocenters. The zero-order valence-electron chi connectivity index (χ0n) is 8.76. The van der Waals surface area contributed by atoms with Gasteiger partial charge in [-0.25, -0.2) is 0 Å². The van der Waals surface area contributed by atoms with Crippen molar-refractivity contribution in [3.05, 3.63) is 28.8 Å². The summed E-state index contributed by atoms with van der Waals surface area (Å²) in [4.78, 5) is 0. The minimum atomic E-state index is -4.64. The third-order valence-electron chi connectivity index (χ3n) is 1.85. The summed E-state index contributed by atoms with van der Waals surface area (Å²) in [5, 5.41) is 0.490. The Morgan fingerprint density at radius 3 is 2.53 bits per heavy atom. The van der Waals surface area contributed by atoms with Crippen LogP contribution in [0.1, 0.15) is 5.56 Å². The lowest BCUT2D eigenvalue weighted by Crippen LogP contribution is -2.18. The molecule has 0 amide bonds. The molecule has 96 valence electrons. The van der Waals surface area contributed by atoms with Gasteiger partial charge in [0.2, 0.25) is 0 Å². The maximum absolute atomic E-state index is 11.7. The van der Waals surface area contributed by atoms with Crippen molar-refractivity contribution in [3.63, 3.8) is 0 Å². The van der Waals surface area contributed by atoms with Crippen molar-refractivity contribution in [2.45, 2.75) is 12.9 Å². The summed E-state index contributed by atoms with van der Waals surface area (Å²) in [6.07, 6.45) is -4.64. The number of halogens is 4. The first-order valence-electron chi connectivity index (χ1n) is 4.74. The van der Waals surface area contributed by atoms with E-state index in [0.717, 1.165) is 0 Å². The predicted molar refractivity (Wildman–Crippen MR) is 56.8 cm³/mol. The number of ether oxygens (including phenoxy) is 2. The molecule has 17 heavy (non-hydrogen) atoms. The molecule has 0 heterocycles. The second-order valence-corrected chi connectivity index (χ2v) is 3.54. The SMILES string of the molecule is NCc1cc(Cl)ccc1OCCOC(F)(F)F. The van der Waals surface area contributed by atoms with E-state index < -0.39 is 13.0 Å². The van der Waals surface area contributed by atoms with Crippen molar-refractivity contribution in [2.24, 2.45) is 5.73 Å². The molecular weight excluding hydrogens is 259 g/mol. The number of hydrogen-bond acceptors (Lipinski definition) is 3. The molecule has 7 heteroatoms. The largest absolute Gasteiger partial charge is 0.522 e. The Bertz CT molecular complexity index is 371. The van der Waals surface area contributed by atoms with E-state index in [0.29, 0.717) is 16.3 Å². The summed E-state index contributed by atoms with van der Waals surface area (Å²) in [6, 6.07) is 4.72. The van der Waals surface area contributed by atoms with E-state index in [2.05, 4.69) is 4.74 Å². The lowest BCUT2D eigenvalue weighted by atomic mass is 10.2. The molecule has 0 fully saturated rings. The van der Waals surface area contributed by atoms with Crippen LogP contribution in [-0.2, 0) is 11.3 Å². The molecule has 1 rings (SSSR count). The monoisotopic (exact) mass is 269 g/mol. The fourth-order valence-corrected chi connectivity index (χ4v) is 1.35. The minimum absolute atomic E-state index is 0.190. The second kappa shape index (κ2) is 6.09. The van der Waals surface area contributed by atoms with Crippen molar-refractivity contribution < 1.29 is 22.6 Å². The number of benzene rings is 1. The molecule has 3 nitrogen and oxygen atoms in total. The topological polar surface area (TPSA) is 44.5 Å². The Hall–Kier alpha value is -0.980. The van der Waals surface area contributed by atoms with Crippen LogP contribution in [0.4, 0.5) is 13.2 Å². The molecule has 0 aliphatic heterocycles. The first-order chi connectivity index (χ1) is 7.92. The van der Waals surface area contributed by atoms with E-state index in [9.17, 15) is 13.2 Å². The molecule has 0 bridgehead atoms. The van der Waals surface area contributed by atoms with E-state index in [1.165, 1.54) is 0 Å². The van der Waals surface area contributed by atoms with Crippen molar-refractivity contribution in [1.82, 2.24) is 0 Å². The highest BCUT2D eigenvalue weighted by atomic mass is 35.5. The van der Waals surface area contributed by atoms with Crippen molar-refractivity contribution in [2.75, 3.05) is 13.2 Å². The van der Waals surface area contributed by atoms with Gasteiger partial charge in [-0.05, 0) is 18.2 Å². The molecule has 0 aromatic heterocycles. The summed E-state index contributed by atoms with van der Waals surface area (Å²) in [7, 11) is 0. The van der Waals surface area contributed by atoms with Gasteiger partial charge in [0.25, 0.3) is 0 Å². The van der Waals surface area contributed by atoms with E-state index in [1.807, 2.05) is 0 Å². The standard InChI is InChI=1S/C10H11ClF3NO2/c11-8-1-2-9(7(5-8)6-15)16-3-4-17-10(12,13)14/h1-2,5H,3-4,6,15H2. The van der Waals surface area contributed by atoms with E-state index >= 15 is 0 Å². The molecule has 0 unspecified atom stereocenters. The third kappa shape index (κ3) is 5.25. The van der Waals surface area contributed by atoms with Crippen LogP contribution >= 0.6 is 11.6 Å². The van der Waals surface area contributed by atoms with Crippen LogP contribution in [-0.4, -0.2) is 19.6 Å². The van der Waals surface area contributed by atoms with Crippen LogP contribution in [0.2, 0.25) is 5.02 Å². The van der Waals surface area contributed by atoms with Gasteiger partial charge >= 0.3 is 6.36 Å². The van der Waals surface area contributed by atoms with Crippen LogP contribution in [0.3, 0.4) is 0 Å². The number of nitrogens with two attached hydrogens (primary N) is 1. The van der Waals surface area contributed by atoms with Gasteiger partial charge < -0.3 is 10.5 Å². The molecule has 0 aliphatic rings. The van der Waals surface area contributed by atoms with E-state index in [4.69, 9.17) is 22.1 Å². The third-order valence-corrected chi connectivity index (χ3v) is 2.08.